The van der Waals surface area contributed by atoms with Crippen molar-refractivity contribution in [3.05, 3.63) is 29.6 Å². The number of hydrogen-bond donors (Lipinski definition) is 3. The molecule has 0 saturated carbocycles. The Labute approximate surface area is 116 Å². The second-order valence-electron chi connectivity index (χ2n) is 5.00. The summed E-state index contributed by atoms with van der Waals surface area (Å²) < 4.78 is 13.3. The molecule has 4 N–H and O–H groups in total. The van der Waals surface area contributed by atoms with E-state index in [9.17, 15) is 14.0 Å². The minimum Gasteiger partial charge on any atom is -0.366 e. The van der Waals surface area contributed by atoms with Crippen LogP contribution in [0.1, 0.15) is 29.6 Å². The molecule has 6 heteroatoms. The van der Waals surface area contributed by atoms with Crippen molar-refractivity contribution in [2.24, 2.45) is 11.7 Å². The van der Waals surface area contributed by atoms with E-state index in [0.717, 1.165) is 32.0 Å². The summed E-state index contributed by atoms with van der Waals surface area (Å²) in [5, 5.41) is 5.90. The van der Waals surface area contributed by atoms with Crippen molar-refractivity contribution in [1.29, 1.82) is 0 Å². The molecule has 0 aromatic heterocycles. The van der Waals surface area contributed by atoms with Gasteiger partial charge < -0.3 is 16.4 Å². The van der Waals surface area contributed by atoms with Crippen LogP contribution in [0.15, 0.2) is 18.2 Å². The predicted octanol–water partition coefficient (Wildman–Crippen LogP) is 1.25. The molecule has 1 fully saturated rings. The molecule has 1 aliphatic rings. The van der Waals surface area contributed by atoms with Crippen molar-refractivity contribution >= 4 is 17.5 Å². The van der Waals surface area contributed by atoms with E-state index >= 15 is 0 Å². The van der Waals surface area contributed by atoms with Crippen LogP contribution in [-0.4, -0.2) is 24.9 Å². The fourth-order valence-corrected chi connectivity index (χ4v) is 2.31. The van der Waals surface area contributed by atoms with Crippen LogP contribution in [0.25, 0.3) is 0 Å². The van der Waals surface area contributed by atoms with Gasteiger partial charge in [-0.25, -0.2) is 4.39 Å². The lowest BCUT2D eigenvalue weighted by atomic mass is 10.0. The van der Waals surface area contributed by atoms with Gasteiger partial charge in [0.05, 0.1) is 5.56 Å². The molecule has 1 saturated heterocycles. The van der Waals surface area contributed by atoms with Crippen molar-refractivity contribution in [2.45, 2.75) is 19.3 Å². The third-order valence-corrected chi connectivity index (χ3v) is 3.46. The smallest absolute Gasteiger partial charge is 0.251 e. The number of anilines is 1. The summed E-state index contributed by atoms with van der Waals surface area (Å²) in [4.78, 5) is 22.8. The summed E-state index contributed by atoms with van der Waals surface area (Å²) in [7, 11) is 0. The predicted molar refractivity (Wildman–Crippen MR) is 73.8 cm³/mol. The van der Waals surface area contributed by atoms with Gasteiger partial charge in [-0.2, -0.15) is 0 Å². The second-order valence-corrected chi connectivity index (χ2v) is 5.00. The standard InChI is InChI=1S/C14H18FN3O2/c15-12-3-2-10(7-11(12)14(16)20)18-13(19)4-1-9-5-6-17-8-9/h2-3,7,9,17H,1,4-6,8H2,(H2,16,20)(H,18,19). The molecular formula is C14H18FN3O2. The minimum atomic E-state index is -0.851. The van der Waals surface area contributed by atoms with E-state index in [4.69, 9.17) is 5.73 Å². The van der Waals surface area contributed by atoms with Crippen molar-refractivity contribution in [3.8, 4) is 0 Å². The lowest BCUT2D eigenvalue weighted by Crippen LogP contribution is -2.17. The van der Waals surface area contributed by atoms with E-state index in [1.807, 2.05) is 0 Å². The van der Waals surface area contributed by atoms with Gasteiger partial charge in [0.15, 0.2) is 0 Å². The van der Waals surface area contributed by atoms with Gasteiger partial charge in [0.2, 0.25) is 5.91 Å². The van der Waals surface area contributed by atoms with E-state index in [1.54, 1.807) is 0 Å². The Morgan fingerprint density at radius 2 is 2.25 bits per heavy atom. The van der Waals surface area contributed by atoms with Gasteiger partial charge >= 0.3 is 0 Å². The third kappa shape index (κ3) is 3.77. The van der Waals surface area contributed by atoms with Crippen LogP contribution >= 0.6 is 0 Å². The molecule has 1 unspecified atom stereocenters. The first-order chi connectivity index (χ1) is 9.56. The first-order valence-corrected chi connectivity index (χ1v) is 6.66. The fraction of sp³-hybridized carbons (Fsp3) is 0.429. The Balaban J connectivity index is 1.90. The van der Waals surface area contributed by atoms with E-state index in [2.05, 4.69) is 10.6 Å². The van der Waals surface area contributed by atoms with Crippen molar-refractivity contribution < 1.29 is 14.0 Å². The van der Waals surface area contributed by atoms with Gasteiger partial charge in [0.25, 0.3) is 5.91 Å². The number of carbonyl (C=O) groups is 2. The van der Waals surface area contributed by atoms with Gasteiger partial charge in [0, 0.05) is 12.1 Å². The number of nitrogens with two attached hydrogens (primary N) is 1. The Morgan fingerprint density at radius 1 is 1.45 bits per heavy atom. The molecule has 1 aliphatic heterocycles. The van der Waals surface area contributed by atoms with Gasteiger partial charge in [0.1, 0.15) is 5.82 Å². The molecule has 5 nitrogen and oxygen atoms in total. The second kappa shape index (κ2) is 6.47. The molecule has 0 radical (unpaired) electrons. The molecule has 1 aromatic rings. The summed E-state index contributed by atoms with van der Waals surface area (Å²) in [5.41, 5.74) is 5.22. The average molecular weight is 279 g/mol. The molecule has 0 bridgehead atoms. The van der Waals surface area contributed by atoms with Crippen LogP contribution in [-0.2, 0) is 4.79 Å². The Bertz CT molecular complexity index is 513. The number of nitrogens with one attached hydrogen (secondary N) is 2. The van der Waals surface area contributed by atoms with Gasteiger partial charge in [-0.05, 0) is 50.0 Å². The number of amides is 2. The van der Waals surface area contributed by atoms with Crippen molar-refractivity contribution in [3.63, 3.8) is 0 Å². The first-order valence-electron chi connectivity index (χ1n) is 6.66. The molecule has 1 aromatic carbocycles. The summed E-state index contributed by atoms with van der Waals surface area (Å²) in [6.07, 6.45) is 2.33. The van der Waals surface area contributed by atoms with Crippen LogP contribution in [0.2, 0.25) is 0 Å². The maximum Gasteiger partial charge on any atom is 0.251 e. The number of benzene rings is 1. The fourth-order valence-electron chi connectivity index (χ4n) is 2.31. The summed E-state index contributed by atoms with van der Waals surface area (Å²) in [6.45, 7) is 1.96. The highest BCUT2D eigenvalue weighted by Crippen LogP contribution is 2.17. The highest BCUT2D eigenvalue weighted by Gasteiger charge is 2.16. The molecule has 2 rings (SSSR count). The number of halogens is 1. The monoisotopic (exact) mass is 279 g/mol. The Hall–Kier alpha value is -1.95. The van der Waals surface area contributed by atoms with Gasteiger partial charge in [-0.15, -0.1) is 0 Å². The minimum absolute atomic E-state index is 0.140. The van der Waals surface area contributed by atoms with Crippen molar-refractivity contribution in [1.82, 2.24) is 5.32 Å². The maximum absolute atomic E-state index is 13.3. The Kier molecular flexibility index (Phi) is 4.68. The molecule has 2 amide bonds. The van der Waals surface area contributed by atoms with Crippen LogP contribution in [0.3, 0.4) is 0 Å². The summed E-state index contributed by atoms with van der Waals surface area (Å²) in [6, 6.07) is 3.79. The summed E-state index contributed by atoms with van der Waals surface area (Å²) >= 11 is 0. The zero-order valence-corrected chi connectivity index (χ0v) is 11.1. The Morgan fingerprint density at radius 3 is 2.90 bits per heavy atom. The molecule has 0 spiro atoms. The SMILES string of the molecule is NC(=O)c1cc(NC(=O)CCC2CCNC2)ccc1F. The number of carbonyl (C=O) groups excluding carboxylic acids is 2. The molecule has 1 atom stereocenters. The van der Waals surface area contributed by atoms with Gasteiger partial charge in [-0.3, -0.25) is 9.59 Å². The maximum atomic E-state index is 13.3. The number of hydrogen-bond acceptors (Lipinski definition) is 3. The quantitative estimate of drug-likeness (QED) is 0.758. The topological polar surface area (TPSA) is 84.2 Å². The van der Waals surface area contributed by atoms with Crippen LogP contribution < -0.4 is 16.4 Å². The average Bonchev–Trinajstić information content (AvgIpc) is 2.91. The van der Waals surface area contributed by atoms with E-state index < -0.39 is 11.7 Å². The third-order valence-electron chi connectivity index (χ3n) is 3.46. The van der Waals surface area contributed by atoms with Crippen LogP contribution in [0.5, 0.6) is 0 Å². The van der Waals surface area contributed by atoms with Gasteiger partial charge in [-0.1, -0.05) is 0 Å². The van der Waals surface area contributed by atoms with E-state index in [-0.39, 0.29) is 11.5 Å². The van der Waals surface area contributed by atoms with Crippen molar-refractivity contribution in [2.75, 3.05) is 18.4 Å². The first kappa shape index (κ1) is 14.5. The lowest BCUT2D eigenvalue weighted by Gasteiger charge is -2.09. The van der Waals surface area contributed by atoms with E-state index in [0.29, 0.717) is 18.0 Å². The zero-order valence-electron chi connectivity index (χ0n) is 11.1. The molecule has 0 aliphatic carbocycles. The molecule has 20 heavy (non-hydrogen) atoms. The highest BCUT2D eigenvalue weighted by molar-refractivity contribution is 5.96. The van der Waals surface area contributed by atoms with Crippen LogP contribution in [0, 0.1) is 11.7 Å². The summed E-state index contributed by atoms with van der Waals surface area (Å²) in [5.74, 6) is -1.14. The highest BCUT2D eigenvalue weighted by atomic mass is 19.1. The molecular weight excluding hydrogens is 261 g/mol. The molecule has 108 valence electrons. The molecule has 1 heterocycles. The van der Waals surface area contributed by atoms with E-state index in [1.165, 1.54) is 12.1 Å². The zero-order chi connectivity index (χ0) is 14.5. The normalized spacial score (nSPS) is 17.9. The largest absolute Gasteiger partial charge is 0.366 e. The lowest BCUT2D eigenvalue weighted by molar-refractivity contribution is -0.116. The number of rotatable bonds is 5. The number of primary amides is 1. The van der Waals surface area contributed by atoms with Crippen LogP contribution in [0.4, 0.5) is 10.1 Å².